The number of rotatable bonds is 1. The standard InChI is InChI=1S/C8H2Cl3N3O2/c9-4-1-3-6(2-5(4)10)12-13-8(7(3)11)14(15)16/h1-2H. The van der Waals surface area contributed by atoms with Crippen LogP contribution in [0.4, 0.5) is 5.82 Å². The van der Waals surface area contributed by atoms with E-state index in [2.05, 4.69) is 10.2 Å². The molecule has 2 aromatic rings. The molecule has 8 heteroatoms. The van der Waals surface area contributed by atoms with Gasteiger partial charge < -0.3 is 10.1 Å². The molecule has 0 spiro atoms. The summed E-state index contributed by atoms with van der Waals surface area (Å²) in [5, 5.41) is 18.4. The molecule has 5 nitrogen and oxygen atoms in total. The van der Waals surface area contributed by atoms with Crippen LogP contribution in [0.25, 0.3) is 10.9 Å². The van der Waals surface area contributed by atoms with Crippen LogP contribution in [0, 0.1) is 10.1 Å². The first kappa shape index (κ1) is 11.3. The summed E-state index contributed by atoms with van der Waals surface area (Å²) in [7, 11) is 0. The summed E-state index contributed by atoms with van der Waals surface area (Å²) in [6.07, 6.45) is 0. The molecule has 0 aliphatic carbocycles. The molecule has 1 aromatic carbocycles. The second-order valence-electron chi connectivity index (χ2n) is 2.88. The fourth-order valence-electron chi connectivity index (χ4n) is 1.18. The molecule has 82 valence electrons. The monoisotopic (exact) mass is 277 g/mol. The van der Waals surface area contributed by atoms with Crippen molar-refractivity contribution in [2.45, 2.75) is 0 Å². The van der Waals surface area contributed by atoms with Crippen LogP contribution in [0.2, 0.25) is 15.1 Å². The van der Waals surface area contributed by atoms with E-state index in [1.807, 2.05) is 0 Å². The molecule has 0 amide bonds. The number of benzene rings is 1. The van der Waals surface area contributed by atoms with Gasteiger partial charge in [-0.05, 0) is 22.2 Å². The van der Waals surface area contributed by atoms with E-state index in [4.69, 9.17) is 34.8 Å². The maximum atomic E-state index is 10.6. The minimum Gasteiger partial charge on any atom is -0.358 e. The van der Waals surface area contributed by atoms with Gasteiger partial charge in [-0.3, -0.25) is 0 Å². The van der Waals surface area contributed by atoms with E-state index in [1.165, 1.54) is 12.1 Å². The predicted molar refractivity (Wildman–Crippen MR) is 61.2 cm³/mol. The largest absolute Gasteiger partial charge is 0.410 e. The molecule has 0 saturated heterocycles. The van der Waals surface area contributed by atoms with Gasteiger partial charge in [-0.1, -0.05) is 34.8 Å². The number of fused-ring (bicyclic) bond motifs is 1. The van der Waals surface area contributed by atoms with Crippen molar-refractivity contribution in [2.75, 3.05) is 0 Å². The van der Waals surface area contributed by atoms with Crippen molar-refractivity contribution >= 4 is 51.5 Å². The lowest BCUT2D eigenvalue weighted by atomic mass is 10.2. The second kappa shape index (κ2) is 4.01. The van der Waals surface area contributed by atoms with Gasteiger partial charge in [0, 0.05) is 5.39 Å². The van der Waals surface area contributed by atoms with E-state index in [0.29, 0.717) is 10.9 Å². The zero-order chi connectivity index (χ0) is 11.9. The van der Waals surface area contributed by atoms with Gasteiger partial charge in [-0.25, -0.2) is 0 Å². The highest BCUT2D eigenvalue weighted by atomic mass is 35.5. The van der Waals surface area contributed by atoms with Gasteiger partial charge in [0.05, 0.1) is 15.1 Å². The SMILES string of the molecule is O=[N+]([O-])c1nnc2cc(Cl)c(Cl)cc2c1Cl. The molecule has 16 heavy (non-hydrogen) atoms. The molecule has 2 rings (SSSR count). The van der Waals surface area contributed by atoms with Gasteiger partial charge in [0.25, 0.3) is 0 Å². The van der Waals surface area contributed by atoms with E-state index in [1.54, 1.807) is 0 Å². The maximum absolute atomic E-state index is 10.6. The lowest BCUT2D eigenvalue weighted by molar-refractivity contribution is -0.389. The molecule has 0 unspecified atom stereocenters. The molecule has 0 aliphatic heterocycles. The Bertz CT molecular complexity index is 603. The Morgan fingerprint density at radius 2 is 1.75 bits per heavy atom. The Labute approximate surface area is 104 Å². The first-order chi connectivity index (χ1) is 7.50. The highest BCUT2D eigenvalue weighted by Gasteiger charge is 2.19. The number of hydrogen-bond donors (Lipinski definition) is 0. The number of nitro groups is 1. The molecule has 0 bridgehead atoms. The average molecular weight is 278 g/mol. The van der Waals surface area contributed by atoms with Crippen molar-refractivity contribution in [3.05, 3.63) is 37.3 Å². The molecule has 1 heterocycles. The van der Waals surface area contributed by atoms with Crippen LogP contribution in [0.3, 0.4) is 0 Å². The van der Waals surface area contributed by atoms with Crippen molar-refractivity contribution in [2.24, 2.45) is 0 Å². The van der Waals surface area contributed by atoms with Crippen LogP contribution in [-0.4, -0.2) is 15.1 Å². The summed E-state index contributed by atoms with van der Waals surface area (Å²) in [6.45, 7) is 0. The van der Waals surface area contributed by atoms with E-state index < -0.39 is 10.7 Å². The van der Waals surface area contributed by atoms with Gasteiger partial charge in [0.2, 0.25) is 0 Å². The third-order valence-electron chi connectivity index (χ3n) is 1.90. The summed E-state index contributed by atoms with van der Waals surface area (Å²) in [6, 6.07) is 2.87. The van der Waals surface area contributed by atoms with Crippen LogP contribution >= 0.6 is 34.8 Å². The molecule has 0 atom stereocenters. The van der Waals surface area contributed by atoms with Crippen molar-refractivity contribution < 1.29 is 4.92 Å². The number of nitrogens with zero attached hydrogens (tertiary/aromatic N) is 3. The molecule has 0 N–H and O–H groups in total. The molecule has 0 radical (unpaired) electrons. The van der Waals surface area contributed by atoms with Crippen LogP contribution in [0.1, 0.15) is 0 Å². The van der Waals surface area contributed by atoms with Crippen molar-refractivity contribution in [3.63, 3.8) is 0 Å². The van der Waals surface area contributed by atoms with Crippen LogP contribution < -0.4 is 0 Å². The number of halogens is 3. The van der Waals surface area contributed by atoms with Crippen LogP contribution in [-0.2, 0) is 0 Å². The predicted octanol–water partition coefficient (Wildman–Crippen LogP) is 3.50. The topological polar surface area (TPSA) is 68.9 Å². The Morgan fingerprint density at radius 1 is 1.12 bits per heavy atom. The fourth-order valence-corrected chi connectivity index (χ4v) is 1.76. The molecule has 0 saturated carbocycles. The Hall–Kier alpha value is -1.17. The first-order valence-electron chi connectivity index (χ1n) is 3.96. The zero-order valence-corrected chi connectivity index (χ0v) is 9.71. The molecular formula is C8H2Cl3N3O2. The fraction of sp³-hybridized carbons (Fsp3) is 0. The molecule has 0 aliphatic rings. The summed E-state index contributed by atoms with van der Waals surface area (Å²) in [4.78, 5) is 9.87. The minimum atomic E-state index is -0.711. The highest BCUT2D eigenvalue weighted by molar-refractivity contribution is 6.44. The normalized spacial score (nSPS) is 10.7. The quantitative estimate of drug-likeness (QED) is 0.591. The van der Waals surface area contributed by atoms with Crippen molar-refractivity contribution in [1.29, 1.82) is 0 Å². The highest BCUT2D eigenvalue weighted by Crippen LogP contribution is 2.33. The zero-order valence-electron chi connectivity index (χ0n) is 7.45. The first-order valence-corrected chi connectivity index (χ1v) is 5.09. The Kier molecular flexibility index (Phi) is 2.84. The number of hydrogen-bond acceptors (Lipinski definition) is 4. The van der Waals surface area contributed by atoms with Gasteiger partial charge >= 0.3 is 5.82 Å². The van der Waals surface area contributed by atoms with E-state index in [0.717, 1.165) is 0 Å². The Balaban J connectivity index is 2.84. The van der Waals surface area contributed by atoms with E-state index >= 15 is 0 Å². The second-order valence-corrected chi connectivity index (χ2v) is 4.07. The summed E-state index contributed by atoms with van der Waals surface area (Å²) < 4.78 is 0. The van der Waals surface area contributed by atoms with E-state index in [9.17, 15) is 10.1 Å². The third-order valence-corrected chi connectivity index (χ3v) is 2.99. The van der Waals surface area contributed by atoms with Crippen molar-refractivity contribution in [1.82, 2.24) is 10.2 Å². The van der Waals surface area contributed by atoms with Gasteiger partial charge in [-0.15, -0.1) is 0 Å². The summed E-state index contributed by atoms with van der Waals surface area (Å²) in [5.41, 5.74) is 0.352. The smallest absolute Gasteiger partial charge is 0.358 e. The lowest BCUT2D eigenvalue weighted by Crippen LogP contribution is -1.96. The third kappa shape index (κ3) is 1.77. The van der Waals surface area contributed by atoms with Gasteiger partial charge in [0.15, 0.2) is 5.02 Å². The van der Waals surface area contributed by atoms with Crippen LogP contribution in [0.5, 0.6) is 0 Å². The lowest BCUT2D eigenvalue weighted by Gasteiger charge is -2.00. The molecular weight excluding hydrogens is 276 g/mol. The Morgan fingerprint density at radius 3 is 2.38 bits per heavy atom. The maximum Gasteiger partial charge on any atom is 0.410 e. The van der Waals surface area contributed by atoms with E-state index in [-0.39, 0.29) is 15.1 Å². The minimum absolute atomic E-state index is 0.103. The summed E-state index contributed by atoms with van der Waals surface area (Å²) >= 11 is 17.4. The van der Waals surface area contributed by atoms with Crippen LogP contribution in [0.15, 0.2) is 12.1 Å². The molecule has 1 aromatic heterocycles. The van der Waals surface area contributed by atoms with Gasteiger partial charge in [0.1, 0.15) is 5.52 Å². The molecule has 0 fully saturated rings. The number of aromatic nitrogens is 2. The van der Waals surface area contributed by atoms with Crippen molar-refractivity contribution in [3.8, 4) is 0 Å². The average Bonchev–Trinajstić information content (AvgIpc) is 2.21. The summed E-state index contributed by atoms with van der Waals surface area (Å²) in [5.74, 6) is -0.507. The van der Waals surface area contributed by atoms with Gasteiger partial charge in [-0.2, -0.15) is 0 Å².